The summed E-state index contributed by atoms with van der Waals surface area (Å²) in [6.45, 7) is 4.16. The Hall–Kier alpha value is -2.65. The number of hydrogen-bond acceptors (Lipinski definition) is 2. The van der Waals surface area contributed by atoms with Gasteiger partial charge < -0.3 is 0 Å². The summed E-state index contributed by atoms with van der Waals surface area (Å²) in [6, 6.07) is 17.2. The molecule has 4 rings (SSSR count). The first-order valence-corrected chi connectivity index (χ1v) is 10.3. The van der Waals surface area contributed by atoms with Crippen molar-refractivity contribution in [2.24, 2.45) is 11.3 Å². The molecule has 29 heavy (non-hydrogen) atoms. The second-order valence-electron chi connectivity index (χ2n) is 8.59. The Labute approximate surface area is 176 Å². The molecule has 1 heterocycles. The Kier molecular flexibility index (Phi) is 5.18. The third-order valence-electron chi connectivity index (χ3n) is 5.57. The predicted octanol–water partition coefficient (Wildman–Crippen LogP) is 6.05. The summed E-state index contributed by atoms with van der Waals surface area (Å²) >= 11 is 6.19. The van der Waals surface area contributed by atoms with Gasteiger partial charge in [0.2, 0.25) is 5.91 Å². The predicted molar refractivity (Wildman–Crippen MR) is 118 cm³/mol. The number of ketones is 1. The van der Waals surface area contributed by atoms with Crippen LogP contribution in [0.3, 0.4) is 0 Å². The number of halogens is 1. The van der Waals surface area contributed by atoms with Crippen LogP contribution in [-0.4, -0.2) is 11.7 Å². The SMILES string of the molecule is CC1(C)CC(=O)C2=C(C1)N(c1cccc(Cl)c1)C(=O)CC2/C=C/c1ccccc1. The fourth-order valence-corrected chi connectivity index (χ4v) is 4.51. The third kappa shape index (κ3) is 4.06. The van der Waals surface area contributed by atoms with Gasteiger partial charge in [-0.05, 0) is 35.6 Å². The lowest BCUT2D eigenvalue weighted by Gasteiger charge is -2.42. The number of anilines is 1. The van der Waals surface area contributed by atoms with E-state index in [1.165, 1.54) is 0 Å². The summed E-state index contributed by atoms with van der Waals surface area (Å²) < 4.78 is 0. The van der Waals surface area contributed by atoms with Crippen molar-refractivity contribution in [2.75, 3.05) is 4.90 Å². The minimum Gasteiger partial charge on any atom is -0.294 e. The summed E-state index contributed by atoms with van der Waals surface area (Å²) in [5.74, 6) is -0.0607. The molecule has 0 saturated heterocycles. The van der Waals surface area contributed by atoms with Crippen molar-refractivity contribution >= 4 is 35.1 Å². The highest BCUT2D eigenvalue weighted by Gasteiger charge is 2.43. The van der Waals surface area contributed by atoms with Crippen LogP contribution in [0.1, 0.15) is 38.7 Å². The van der Waals surface area contributed by atoms with E-state index in [4.69, 9.17) is 11.6 Å². The molecule has 3 nitrogen and oxygen atoms in total. The summed E-state index contributed by atoms with van der Waals surface area (Å²) in [7, 11) is 0. The minimum absolute atomic E-state index is 0.000714. The number of hydrogen-bond donors (Lipinski definition) is 0. The van der Waals surface area contributed by atoms with Gasteiger partial charge in [0.05, 0.1) is 5.69 Å². The van der Waals surface area contributed by atoms with Crippen LogP contribution in [0.4, 0.5) is 5.69 Å². The topological polar surface area (TPSA) is 37.4 Å². The maximum absolute atomic E-state index is 13.2. The van der Waals surface area contributed by atoms with Crippen molar-refractivity contribution in [3.63, 3.8) is 0 Å². The van der Waals surface area contributed by atoms with Gasteiger partial charge in [-0.1, -0.05) is 74.0 Å². The van der Waals surface area contributed by atoms with E-state index >= 15 is 0 Å². The monoisotopic (exact) mass is 405 g/mol. The first kappa shape index (κ1) is 19.7. The third-order valence-corrected chi connectivity index (χ3v) is 5.80. The van der Waals surface area contributed by atoms with Gasteiger partial charge in [0.25, 0.3) is 0 Å². The highest BCUT2D eigenvalue weighted by molar-refractivity contribution is 6.31. The van der Waals surface area contributed by atoms with E-state index in [9.17, 15) is 9.59 Å². The standard InChI is InChI=1S/C25H24ClNO2/c1-25(2)15-21-24(22(28)16-25)18(12-11-17-7-4-3-5-8-17)13-23(29)27(21)20-10-6-9-19(26)14-20/h3-12,14,18H,13,15-16H2,1-2H3/b12-11+. The van der Waals surface area contributed by atoms with Gasteiger partial charge in [-0.15, -0.1) is 0 Å². The summed E-state index contributed by atoms with van der Waals surface area (Å²) in [4.78, 5) is 28.1. The van der Waals surface area contributed by atoms with E-state index in [1.807, 2.05) is 54.6 Å². The fourth-order valence-electron chi connectivity index (χ4n) is 4.32. The van der Waals surface area contributed by atoms with Gasteiger partial charge in [0.15, 0.2) is 5.78 Å². The van der Waals surface area contributed by atoms with Crippen LogP contribution in [0.2, 0.25) is 5.02 Å². The number of benzene rings is 2. The van der Waals surface area contributed by atoms with Gasteiger partial charge in [0.1, 0.15) is 0 Å². The molecular weight excluding hydrogens is 382 g/mol. The second-order valence-corrected chi connectivity index (χ2v) is 9.03. The van der Waals surface area contributed by atoms with Crippen molar-refractivity contribution in [3.8, 4) is 0 Å². The molecule has 0 aromatic heterocycles. The van der Waals surface area contributed by atoms with Crippen LogP contribution >= 0.6 is 11.6 Å². The molecule has 1 atom stereocenters. The average molecular weight is 406 g/mol. The molecule has 0 spiro atoms. The molecule has 0 radical (unpaired) electrons. The zero-order valence-corrected chi connectivity index (χ0v) is 17.4. The molecule has 0 fully saturated rings. The van der Waals surface area contributed by atoms with E-state index < -0.39 is 0 Å². The molecule has 1 aliphatic carbocycles. The minimum atomic E-state index is -0.197. The smallest absolute Gasteiger partial charge is 0.232 e. The molecule has 0 saturated carbocycles. The summed E-state index contributed by atoms with van der Waals surface area (Å²) in [6.07, 6.45) is 5.47. The fraction of sp³-hybridized carbons (Fsp3) is 0.280. The Morgan fingerprint density at radius 2 is 1.79 bits per heavy atom. The van der Waals surface area contributed by atoms with Crippen LogP contribution in [0.5, 0.6) is 0 Å². The molecular formula is C25H24ClNO2. The molecule has 1 aliphatic heterocycles. The van der Waals surface area contributed by atoms with Crippen molar-refractivity contribution in [2.45, 2.75) is 33.1 Å². The lowest BCUT2D eigenvalue weighted by Crippen LogP contribution is -2.44. The lowest BCUT2D eigenvalue weighted by molar-refractivity contribution is -0.121. The zero-order chi connectivity index (χ0) is 20.6. The summed E-state index contributed by atoms with van der Waals surface area (Å²) in [5, 5.41) is 0.574. The van der Waals surface area contributed by atoms with Crippen molar-refractivity contribution in [1.82, 2.24) is 0 Å². The largest absolute Gasteiger partial charge is 0.294 e. The van der Waals surface area contributed by atoms with Crippen LogP contribution in [0, 0.1) is 11.3 Å². The maximum atomic E-state index is 13.2. The van der Waals surface area contributed by atoms with Crippen LogP contribution in [-0.2, 0) is 9.59 Å². The first-order chi connectivity index (χ1) is 13.8. The quantitative estimate of drug-likeness (QED) is 0.623. The second kappa shape index (κ2) is 7.64. The maximum Gasteiger partial charge on any atom is 0.232 e. The number of allylic oxidation sites excluding steroid dienone is 3. The van der Waals surface area contributed by atoms with Gasteiger partial charge in [-0.25, -0.2) is 0 Å². The van der Waals surface area contributed by atoms with Crippen LogP contribution < -0.4 is 4.90 Å². The van der Waals surface area contributed by atoms with E-state index in [-0.39, 0.29) is 29.4 Å². The first-order valence-electron chi connectivity index (χ1n) is 9.92. The molecule has 148 valence electrons. The number of carbonyl (C=O) groups is 2. The van der Waals surface area contributed by atoms with E-state index in [0.29, 0.717) is 17.9 Å². The normalized spacial score (nSPS) is 21.6. The number of rotatable bonds is 3. The summed E-state index contributed by atoms with van der Waals surface area (Å²) in [5.41, 5.74) is 3.20. The Morgan fingerprint density at radius 1 is 1.03 bits per heavy atom. The number of nitrogens with zero attached hydrogens (tertiary/aromatic N) is 1. The van der Waals surface area contributed by atoms with Crippen LogP contribution in [0.15, 0.2) is 71.9 Å². The van der Waals surface area contributed by atoms with Gasteiger partial charge >= 0.3 is 0 Å². The highest BCUT2D eigenvalue weighted by Crippen LogP contribution is 2.45. The molecule has 1 amide bonds. The Balaban J connectivity index is 1.80. The van der Waals surface area contributed by atoms with Gasteiger partial charge in [-0.3, -0.25) is 14.5 Å². The van der Waals surface area contributed by atoms with E-state index in [1.54, 1.807) is 17.0 Å². The number of carbonyl (C=O) groups excluding carboxylic acids is 2. The van der Waals surface area contributed by atoms with E-state index in [0.717, 1.165) is 22.5 Å². The molecule has 0 bridgehead atoms. The lowest BCUT2D eigenvalue weighted by atomic mass is 9.70. The van der Waals surface area contributed by atoms with Gasteiger partial charge in [-0.2, -0.15) is 0 Å². The molecule has 2 aromatic rings. The van der Waals surface area contributed by atoms with Crippen molar-refractivity contribution in [3.05, 3.63) is 82.5 Å². The Bertz CT molecular complexity index is 1020. The molecule has 2 aliphatic rings. The number of amides is 1. The highest BCUT2D eigenvalue weighted by atomic mass is 35.5. The van der Waals surface area contributed by atoms with Gasteiger partial charge in [0, 0.05) is 35.1 Å². The number of Topliss-reactive ketones (excluding diaryl/α,β-unsaturated/α-hetero) is 1. The molecule has 4 heteroatoms. The van der Waals surface area contributed by atoms with Crippen molar-refractivity contribution in [1.29, 1.82) is 0 Å². The molecule has 0 N–H and O–H groups in total. The van der Waals surface area contributed by atoms with E-state index in [2.05, 4.69) is 13.8 Å². The molecule has 2 aromatic carbocycles. The Morgan fingerprint density at radius 3 is 2.52 bits per heavy atom. The molecule has 1 unspecified atom stereocenters. The van der Waals surface area contributed by atoms with Crippen LogP contribution in [0.25, 0.3) is 6.08 Å². The van der Waals surface area contributed by atoms with Crippen molar-refractivity contribution < 1.29 is 9.59 Å². The average Bonchev–Trinajstić information content (AvgIpc) is 2.65. The zero-order valence-electron chi connectivity index (χ0n) is 16.7.